The molecular weight excluding hydrogens is 280 g/mol. The van der Waals surface area contributed by atoms with Crippen LogP contribution in [0.15, 0.2) is 11.6 Å². The predicted molar refractivity (Wildman–Crippen MR) is 90.2 cm³/mol. The number of hydrogen-bond donors (Lipinski definition) is 1. The van der Waals surface area contributed by atoms with Crippen LogP contribution in [0.2, 0.25) is 0 Å². The summed E-state index contributed by atoms with van der Waals surface area (Å²) in [4.78, 5) is 8.46. The standard InChI is InChI=1S/C16H26N4S/c1-4-13(17)9-14-15(18-16-20(14)7-8-21-16)19-6-5-11(2)12(3)10-19/h7-8,11-13H,4-6,9-10,17H2,1-3H3. The summed E-state index contributed by atoms with van der Waals surface area (Å²) < 4.78 is 2.23. The van der Waals surface area contributed by atoms with Crippen molar-refractivity contribution in [1.29, 1.82) is 0 Å². The topological polar surface area (TPSA) is 46.6 Å². The molecule has 1 aliphatic heterocycles. The van der Waals surface area contributed by atoms with Crippen LogP contribution in [-0.4, -0.2) is 28.5 Å². The predicted octanol–water partition coefficient (Wildman–Crippen LogP) is 3.16. The van der Waals surface area contributed by atoms with Gasteiger partial charge in [-0.3, -0.25) is 4.40 Å². The van der Waals surface area contributed by atoms with Crippen LogP contribution in [0, 0.1) is 11.8 Å². The summed E-state index contributed by atoms with van der Waals surface area (Å²) >= 11 is 1.71. The summed E-state index contributed by atoms with van der Waals surface area (Å²) in [6, 6.07) is 0.213. The zero-order valence-electron chi connectivity index (χ0n) is 13.2. The number of thiazole rings is 1. The quantitative estimate of drug-likeness (QED) is 0.944. The van der Waals surface area contributed by atoms with E-state index >= 15 is 0 Å². The van der Waals surface area contributed by atoms with E-state index in [0.29, 0.717) is 0 Å². The second-order valence-electron chi connectivity index (χ2n) is 6.50. The molecule has 3 atom stereocenters. The summed E-state index contributed by atoms with van der Waals surface area (Å²) in [6.07, 6.45) is 5.30. The molecule has 3 rings (SSSR count). The number of nitrogens with zero attached hydrogens (tertiary/aromatic N) is 3. The monoisotopic (exact) mass is 306 g/mol. The molecule has 0 spiro atoms. The third-order valence-corrected chi connectivity index (χ3v) is 5.71. The number of nitrogens with two attached hydrogens (primary N) is 1. The van der Waals surface area contributed by atoms with Crippen LogP contribution >= 0.6 is 11.3 Å². The van der Waals surface area contributed by atoms with Gasteiger partial charge in [0.15, 0.2) is 10.8 Å². The molecule has 4 nitrogen and oxygen atoms in total. The molecule has 116 valence electrons. The van der Waals surface area contributed by atoms with E-state index in [0.717, 1.165) is 42.7 Å². The Hall–Kier alpha value is -1.07. The van der Waals surface area contributed by atoms with E-state index in [2.05, 4.69) is 41.6 Å². The van der Waals surface area contributed by atoms with Crippen LogP contribution in [-0.2, 0) is 6.42 Å². The maximum absolute atomic E-state index is 6.22. The first kappa shape index (κ1) is 14.9. The van der Waals surface area contributed by atoms with E-state index in [1.807, 2.05) is 0 Å². The fraction of sp³-hybridized carbons (Fsp3) is 0.688. The molecule has 0 saturated carbocycles. The number of imidazole rings is 1. The van der Waals surface area contributed by atoms with Gasteiger partial charge in [0.25, 0.3) is 0 Å². The smallest absolute Gasteiger partial charge is 0.195 e. The maximum Gasteiger partial charge on any atom is 0.195 e. The molecule has 5 heteroatoms. The Morgan fingerprint density at radius 3 is 2.95 bits per heavy atom. The summed E-state index contributed by atoms with van der Waals surface area (Å²) in [5.41, 5.74) is 7.51. The molecule has 0 aromatic carbocycles. The second-order valence-corrected chi connectivity index (χ2v) is 7.37. The summed E-state index contributed by atoms with van der Waals surface area (Å²) in [6.45, 7) is 9.10. The lowest BCUT2D eigenvalue weighted by atomic mass is 9.88. The van der Waals surface area contributed by atoms with Crippen molar-refractivity contribution in [1.82, 2.24) is 9.38 Å². The van der Waals surface area contributed by atoms with Gasteiger partial charge in [-0.15, -0.1) is 11.3 Å². The highest BCUT2D eigenvalue weighted by atomic mass is 32.1. The Labute approximate surface area is 131 Å². The highest BCUT2D eigenvalue weighted by Gasteiger charge is 2.27. The molecular formula is C16H26N4S. The van der Waals surface area contributed by atoms with Crippen molar-refractivity contribution in [3.8, 4) is 0 Å². The third kappa shape index (κ3) is 2.81. The second kappa shape index (κ2) is 5.97. The van der Waals surface area contributed by atoms with Crippen LogP contribution in [0.3, 0.4) is 0 Å². The molecule has 3 heterocycles. The summed E-state index contributed by atoms with van der Waals surface area (Å²) in [5.74, 6) is 2.71. The Morgan fingerprint density at radius 2 is 2.24 bits per heavy atom. The largest absolute Gasteiger partial charge is 0.355 e. The van der Waals surface area contributed by atoms with Crippen LogP contribution in [0.4, 0.5) is 5.82 Å². The zero-order chi connectivity index (χ0) is 15.0. The fourth-order valence-corrected chi connectivity index (χ4v) is 3.84. The van der Waals surface area contributed by atoms with E-state index < -0.39 is 0 Å². The average molecular weight is 306 g/mol. The molecule has 2 aromatic heterocycles. The first-order valence-electron chi connectivity index (χ1n) is 8.05. The Kier molecular flexibility index (Phi) is 4.22. The molecule has 21 heavy (non-hydrogen) atoms. The van der Waals surface area contributed by atoms with Crippen LogP contribution < -0.4 is 10.6 Å². The van der Waals surface area contributed by atoms with E-state index in [1.165, 1.54) is 17.9 Å². The van der Waals surface area contributed by atoms with Gasteiger partial charge in [-0.2, -0.15) is 0 Å². The highest BCUT2D eigenvalue weighted by Crippen LogP contribution is 2.31. The SMILES string of the molecule is CCC(N)Cc1c(N2CCC(C)C(C)C2)nc2sccn12. The van der Waals surface area contributed by atoms with Gasteiger partial charge in [0.2, 0.25) is 0 Å². The molecule has 1 fully saturated rings. The van der Waals surface area contributed by atoms with Crippen molar-refractivity contribution >= 4 is 22.1 Å². The average Bonchev–Trinajstić information content (AvgIpc) is 3.04. The van der Waals surface area contributed by atoms with Crippen molar-refractivity contribution in [2.75, 3.05) is 18.0 Å². The molecule has 1 aliphatic rings. The Bertz CT molecular complexity index is 602. The number of anilines is 1. The van der Waals surface area contributed by atoms with Crippen LogP contribution in [0.25, 0.3) is 4.96 Å². The van der Waals surface area contributed by atoms with E-state index in [-0.39, 0.29) is 6.04 Å². The minimum Gasteiger partial charge on any atom is -0.355 e. The van der Waals surface area contributed by atoms with Crippen molar-refractivity contribution in [3.63, 3.8) is 0 Å². The number of piperidine rings is 1. The molecule has 0 aliphatic carbocycles. The van der Waals surface area contributed by atoms with Crippen LogP contribution in [0.5, 0.6) is 0 Å². The Balaban J connectivity index is 1.93. The minimum atomic E-state index is 0.213. The van der Waals surface area contributed by atoms with Gasteiger partial charge in [-0.25, -0.2) is 4.98 Å². The van der Waals surface area contributed by atoms with Gasteiger partial charge in [0.05, 0.1) is 5.69 Å². The van der Waals surface area contributed by atoms with Crippen molar-refractivity contribution in [3.05, 3.63) is 17.3 Å². The van der Waals surface area contributed by atoms with Crippen molar-refractivity contribution in [2.45, 2.75) is 46.1 Å². The van der Waals surface area contributed by atoms with Gasteiger partial charge in [0, 0.05) is 37.1 Å². The normalized spacial score (nSPS) is 24.7. The van der Waals surface area contributed by atoms with Gasteiger partial charge in [0.1, 0.15) is 0 Å². The molecule has 0 bridgehead atoms. The number of aromatic nitrogens is 2. The summed E-state index contributed by atoms with van der Waals surface area (Å²) in [7, 11) is 0. The molecule has 2 aromatic rings. The van der Waals surface area contributed by atoms with Crippen molar-refractivity contribution in [2.24, 2.45) is 17.6 Å². The first-order valence-corrected chi connectivity index (χ1v) is 8.93. The van der Waals surface area contributed by atoms with E-state index in [9.17, 15) is 0 Å². The highest BCUT2D eigenvalue weighted by molar-refractivity contribution is 7.15. The van der Waals surface area contributed by atoms with Crippen molar-refractivity contribution < 1.29 is 0 Å². The maximum atomic E-state index is 6.22. The van der Waals surface area contributed by atoms with E-state index in [1.54, 1.807) is 11.3 Å². The minimum absolute atomic E-state index is 0.213. The Morgan fingerprint density at radius 1 is 1.43 bits per heavy atom. The first-order chi connectivity index (χ1) is 10.1. The lowest BCUT2D eigenvalue weighted by molar-refractivity contribution is 0.322. The zero-order valence-corrected chi connectivity index (χ0v) is 14.1. The third-order valence-electron chi connectivity index (χ3n) is 4.95. The molecule has 2 N–H and O–H groups in total. The number of hydrogen-bond acceptors (Lipinski definition) is 4. The van der Waals surface area contributed by atoms with E-state index in [4.69, 9.17) is 10.7 Å². The molecule has 3 unspecified atom stereocenters. The lowest BCUT2D eigenvalue weighted by Gasteiger charge is -2.36. The molecule has 0 amide bonds. The number of rotatable bonds is 4. The molecule has 1 saturated heterocycles. The van der Waals surface area contributed by atoms with Gasteiger partial charge >= 0.3 is 0 Å². The summed E-state index contributed by atoms with van der Waals surface area (Å²) in [5, 5.41) is 2.11. The fourth-order valence-electron chi connectivity index (χ4n) is 3.11. The van der Waals surface area contributed by atoms with Crippen LogP contribution in [0.1, 0.15) is 39.3 Å². The number of fused-ring (bicyclic) bond motifs is 1. The van der Waals surface area contributed by atoms with Gasteiger partial charge in [-0.05, 0) is 24.7 Å². The lowest BCUT2D eigenvalue weighted by Crippen LogP contribution is -2.39. The van der Waals surface area contributed by atoms with Gasteiger partial charge in [-0.1, -0.05) is 20.8 Å². The van der Waals surface area contributed by atoms with Gasteiger partial charge < -0.3 is 10.6 Å². The molecule has 0 radical (unpaired) electrons.